The van der Waals surface area contributed by atoms with Crippen molar-refractivity contribution in [2.45, 2.75) is 96.8 Å². The molecule has 1 unspecified atom stereocenters. The van der Waals surface area contributed by atoms with Gasteiger partial charge in [-0.25, -0.2) is 4.39 Å². The maximum atomic E-state index is 14.0. The highest BCUT2D eigenvalue weighted by atomic mass is 19.1. The van der Waals surface area contributed by atoms with Crippen LogP contribution in [-0.4, -0.2) is 41.8 Å². The topological polar surface area (TPSA) is 32.7 Å². The van der Waals surface area contributed by atoms with Crippen molar-refractivity contribution in [3.8, 4) is 0 Å². The van der Waals surface area contributed by atoms with Gasteiger partial charge in [-0.15, -0.1) is 0 Å². The molecule has 1 N–H and O–H groups in total. The molecular weight excluding hydrogens is 425 g/mol. The molecule has 34 heavy (non-hydrogen) atoms. The number of aliphatic hydroxyl groups is 1. The molecule has 1 saturated heterocycles. The number of unbranched alkanes of at least 4 members (excludes halogenated alkanes) is 4. The average Bonchev–Trinajstić information content (AvgIpc) is 3.26. The van der Waals surface area contributed by atoms with Crippen molar-refractivity contribution in [2.75, 3.05) is 19.7 Å². The SMILES string of the molecule is CCCCCCCc1ccccc1[C@@H](C)OCC(O)CN1CCC[C@H]1Cc1ccc(C)c(F)c1. The summed E-state index contributed by atoms with van der Waals surface area (Å²) in [6, 6.07) is 14.5. The van der Waals surface area contributed by atoms with E-state index >= 15 is 0 Å². The molecule has 4 heteroatoms. The third-order valence-corrected chi connectivity index (χ3v) is 7.23. The Hall–Kier alpha value is -1.75. The van der Waals surface area contributed by atoms with E-state index in [-0.39, 0.29) is 11.9 Å². The van der Waals surface area contributed by atoms with E-state index in [1.54, 1.807) is 13.0 Å². The Kier molecular flexibility index (Phi) is 11.0. The molecule has 0 saturated carbocycles. The highest BCUT2D eigenvalue weighted by Crippen LogP contribution is 2.25. The second-order valence-corrected chi connectivity index (χ2v) is 10.1. The monoisotopic (exact) mass is 469 g/mol. The summed E-state index contributed by atoms with van der Waals surface area (Å²) < 4.78 is 20.1. The number of hydrogen-bond acceptors (Lipinski definition) is 3. The van der Waals surface area contributed by atoms with Crippen molar-refractivity contribution in [1.29, 1.82) is 0 Å². The second-order valence-electron chi connectivity index (χ2n) is 10.1. The molecule has 3 rings (SSSR count). The molecule has 0 aliphatic carbocycles. The summed E-state index contributed by atoms with van der Waals surface area (Å²) in [5, 5.41) is 10.7. The summed E-state index contributed by atoms with van der Waals surface area (Å²) >= 11 is 0. The molecule has 0 bridgehead atoms. The zero-order chi connectivity index (χ0) is 24.3. The van der Waals surface area contributed by atoms with Crippen LogP contribution in [0.25, 0.3) is 0 Å². The molecule has 0 amide bonds. The van der Waals surface area contributed by atoms with Gasteiger partial charge in [-0.05, 0) is 80.8 Å². The van der Waals surface area contributed by atoms with Crippen molar-refractivity contribution in [2.24, 2.45) is 0 Å². The van der Waals surface area contributed by atoms with Crippen molar-refractivity contribution in [3.63, 3.8) is 0 Å². The van der Waals surface area contributed by atoms with E-state index in [0.717, 1.165) is 37.8 Å². The summed E-state index contributed by atoms with van der Waals surface area (Å²) in [5.41, 5.74) is 4.33. The molecule has 0 spiro atoms. The lowest BCUT2D eigenvalue weighted by molar-refractivity contribution is -0.0173. The Morgan fingerprint density at radius 1 is 1.12 bits per heavy atom. The number of likely N-dealkylation sites (tertiary alicyclic amines) is 1. The number of nitrogens with zero attached hydrogens (tertiary/aromatic N) is 1. The largest absolute Gasteiger partial charge is 0.389 e. The van der Waals surface area contributed by atoms with Gasteiger partial charge in [0.1, 0.15) is 5.82 Å². The minimum Gasteiger partial charge on any atom is -0.389 e. The molecule has 1 fully saturated rings. The van der Waals surface area contributed by atoms with Crippen molar-refractivity contribution < 1.29 is 14.2 Å². The third kappa shape index (κ3) is 8.18. The maximum absolute atomic E-state index is 14.0. The van der Waals surface area contributed by atoms with Crippen molar-refractivity contribution in [1.82, 2.24) is 4.90 Å². The number of benzene rings is 2. The zero-order valence-corrected chi connectivity index (χ0v) is 21.4. The van der Waals surface area contributed by atoms with Crippen LogP contribution >= 0.6 is 0 Å². The molecule has 2 aromatic carbocycles. The predicted molar refractivity (Wildman–Crippen MR) is 139 cm³/mol. The Morgan fingerprint density at radius 2 is 1.91 bits per heavy atom. The van der Waals surface area contributed by atoms with E-state index in [1.807, 2.05) is 12.1 Å². The van der Waals surface area contributed by atoms with Gasteiger partial charge >= 0.3 is 0 Å². The highest BCUT2D eigenvalue weighted by Gasteiger charge is 2.27. The minimum atomic E-state index is -0.529. The molecule has 0 aromatic heterocycles. The molecule has 0 radical (unpaired) electrons. The molecule has 1 aliphatic rings. The maximum Gasteiger partial charge on any atom is 0.126 e. The Labute approximate surface area is 206 Å². The van der Waals surface area contributed by atoms with Gasteiger partial charge < -0.3 is 9.84 Å². The van der Waals surface area contributed by atoms with Crippen LogP contribution in [0.3, 0.4) is 0 Å². The van der Waals surface area contributed by atoms with E-state index in [4.69, 9.17) is 4.74 Å². The molecule has 2 aromatic rings. The van der Waals surface area contributed by atoms with E-state index in [2.05, 4.69) is 43.0 Å². The van der Waals surface area contributed by atoms with Gasteiger partial charge in [0.05, 0.1) is 18.8 Å². The molecule has 3 nitrogen and oxygen atoms in total. The third-order valence-electron chi connectivity index (χ3n) is 7.23. The number of hydrogen-bond donors (Lipinski definition) is 1. The van der Waals surface area contributed by atoms with Crippen LogP contribution in [0.1, 0.15) is 87.2 Å². The molecular formula is C30H44FNO2. The quantitative estimate of drug-likeness (QED) is 0.309. The first-order valence-corrected chi connectivity index (χ1v) is 13.3. The molecule has 1 heterocycles. The minimum absolute atomic E-state index is 0.0357. The number of β-amino-alcohol motifs (C(OH)–C–C–N with tert-alkyl or cyclic N) is 1. The lowest BCUT2D eigenvalue weighted by Crippen LogP contribution is -2.39. The Balaban J connectivity index is 1.46. The lowest BCUT2D eigenvalue weighted by atomic mass is 9.98. The van der Waals surface area contributed by atoms with Crippen LogP contribution in [0.5, 0.6) is 0 Å². The van der Waals surface area contributed by atoms with E-state index < -0.39 is 6.10 Å². The number of aliphatic hydroxyl groups excluding tert-OH is 1. The normalized spacial score (nSPS) is 18.3. The van der Waals surface area contributed by atoms with E-state index in [9.17, 15) is 9.50 Å². The summed E-state index contributed by atoms with van der Waals surface area (Å²) in [4.78, 5) is 2.35. The van der Waals surface area contributed by atoms with Crippen LogP contribution in [0.2, 0.25) is 0 Å². The van der Waals surface area contributed by atoms with Gasteiger partial charge in [0.25, 0.3) is 0 Å². The predicted octanol–water partition coefficient (Wildman–Crippen LogP) is 6.79. The summed E-state index contributed by atoms with van der Waals surface area (Å²) in [6.45, 7) is 8.04. The summed E-state index contributed by atoms with van der Waals surface area (Å²) in [7, 11) is 0. The number of rotatable bonds is 14. The lowest BCUT2D eigenvalue weighted by Gasteiger charge is -2.28. The summed E-state index contributed by atoms with van der Waals surface area (Å²) in [5.74, 6) is -0.134. The van der Waals surface area contributed by atoms with Crippen LogP contribution in [0, 0.1) is 12.7 Å². The van der Waals surface area contributed by atoms with Crippen molar-refractivity contribution >= 4 is 0 Å². The molecule has 1 aliphatic heterocycles. The molecule has 188 valence electrons. The fourth-order valence-corrected chi connectivity index (χ4v) is 5.15. The fourth-order valence-electron chi connectivity index (χ4n) is 5.15. The first kappa shape index (κ1) is 26.8. The van der Waals surface area contributed by atoms with E-state index in [1.165, 1.54) is 43.2 Å². The van der Waals surface area contributed by atoms with Gasteiger partial charge in [-0.2, -0.15) is 0 Å². The smallest absolute Gasteiger partial charge is 0.126 e. The standard InChI is InChI=1S/C30H44FNO2/c1-4-5-6-7-8-12-26-13-9-10-15-29(26)24(3)34-22-28(33)21-32-18-11-14-27(32)19-25-17-16-23(2)30(31)20-25/h9-10,13,15-17,20,24,27-28,33H,4-8,11-12,14,18-19,21-22H2,1-3H3/t24-,27+,28?/m1/s1. The molecule has 3 atom stereocenters. The zero-order valence-electron chi connectivity index (χ0n) is 21.4. The number of halogens is 1. The van der Waals surface area contributed by atoms with E-state index in [0.29, 0.717) is 24.8 Å². The first-order chi connectivity index (χ1) is 16.5. The van der Waals surface area contributed by atoms with Crippen LogP contribution < -0.4 is 0 Å². The Bertz CT molecular complexity index is 871. The number of ether oxygens (including phenoxy) is 1. The second kappa shape index (κ2) is 14.0. The summed E-state index contributed by atoms with van der Waals surface area (Å²) in [6.07, 6.45) is 9.96. The van der Waals surface area contributed by atoms with Gasteiger partial charge in [0, 0.05) is 12.6 Å². The van der Waals surface area contributed by atoms with Gasteiger partial charge in [-0.3, -0.25) is 4.90 Å². The van der Waals surface area contributed by atoms with Crippen molar-refractivity contribution in [3.05, 3.63) is 70.5 Å². The average molecular weight is 470 g/mol. The van der Waals surface area contributed by atoms with Crippen LogP contribution in [0.15, 0.2) is 42.5 Å². The Morgan fingerprint density at radius 3 is 2.71 bits per heavy atom. The van der Waals surface area contributed by atoms with Gasteiger partial charge in [-0.1, -0.05) is 69.0 Å². The fraction of sp³-hybridized carbons (Fsp3) is 0.600. The number of aryl methyl sites for hydroxylation is 2. The van der Waals surface area contributed by atoms with Gasteiger partial charge in [0.2, 0.25) is 0 Å². The first-order valence-electron chi connectivity index (χ1n) is 13.3. The van der Waals surface area contributed by atoms with Gasteiger partial charge in [0.15, 0.2) is 0 Å². The highest BCUT2D eigenvalue weighted by molar-refractivity contribution is 5.29. The van der Waals surface area contributed by atoms with Crippen LogP contribution in [-0.2, 0) is 17.6 Å². The van der Waals surface area contributed by atoms with Crippen LogP contribution in [0.4, 0.5) is 4.39 Å².